The first-order chi connectivity index (χ1) is 11.4. The number of methoxy groups -OCH3 is 2. The molecule has 1 aromatic carbocycles. The van der Waals surface area contributed by atoms with Crippen LogP contribution in [0.5, 0.6) is 11.5 Å². The lowest BCUT2D eigenvalue weighted by atomic mass is 10.0. The van der Waals surface area contributed by atoms with Gasteiger partial charge in [0.1, 0.15) is 0 Å². The summed E-state index contributed by atoms with van der Waals surface area (Å²) in [6, 6.07) is 5.16. The minimum Gasteiger partial charge on any atom is -0.493 e. The highest BCUT2D eigenvalue weighted by Gasteiger charge is 2.14. The molecule has 0 heterocycles. The van der Waals surface area contributed by atoms with Crippen molar-refractivity contribution in [1.29, 1.82) is 0 Å². The maximum atomic E-state index is 12.2. The normalized spacial score (nSPS) is 11.9. The molecule has 0 bridgehead atoms. The van der Waals surface area contributed by atoms with E-state index in [9.17, 15) is 9.59 Å². The molecular formula is C19H29NO4. The van der Waals surface area contributed by atoms with Gasteiger partial charge in [0, 0.05) is 24.4 Å². The second-order valence-electron chi connectivity index (χ2n) is 6.43. The number of hydrogen-bond donors (Lipinski definition) is 1. The maximum absolute atomic E-state index is 12.2. The molecule has 1 atom stereocenters. The van der Waals surface area contributed by atoms with Crippen LogP contribution in [0.3, 0.4) is 0 Å². The van der Waals surface area contributed by atoms with Crippen LogP contribution in [0.15, 0.2) is 18.2 Å². The minimum absolute atomic E-state index is 0.0825. The molecule has 0 spiro atoms. The third-order valence-electron chi connectivity index (χ3n) is 3.87. The average molecular weight is 335 g/mol. The predicted molar refractivity (Wildman–Crippen MR) is 94.8 cm³/mol. The Morgan fingerprint density at radius 2 is 1.67 bits per heavy atom. The van der Waals surface area contributed by atoms with Crippen LogP contribution in [0.2, 0.25) is 0 Å². The van der Waals surface area contributed by atoms with E-state index < -0.39 is 0 Å². The zero-order valence-electron chi connectivity index (χ0n) is 15.3. The standard InChI is InChI=1S/C19H29NO4/c1-13(2)6-7-14(3)20-19(22)11-9-16(21)15-8-10-17(23-4)18(12-15)24-5/h8,10,12-14H,6-7,9,11H2,1-5H3,(H,20,22). The van der Waals surface area contributed by atoms with Crippen LogP contribution in [-0.4, -0.2) is 32.0 Å². The number of carbonyl (C=O) groups excluding carboxylic acids is 2. The molecule has 24 heavy (non-hydrogen) atoms. The fraction of sp³-hybridized carbons (Fsp3) is 0.579. The molecule has 1 rings (SSSR count). The Morgan fingerprint density at radius 3 is 2.25 bits per heavy atom. The summed E-state index contributed by atoms with van der Waals surface area (Å²) < 4.78 is 10.3. The van der Waals surface area contributed by atoms with Gasteiger partial charge in [0.25, 0.3) is 0 Å². The summed E-state index contributed by atoms with van der Waals surface area (Å²) in [5.41, 5.74) is 0.522. The smallest absolute Gasteiger partial charge is 0.220 e. The van der Waals surface area contributed by atoms with Crippen molar-refractivity contribution in [3.8, 4) is 11.5 Å². The van der Waals surface area contributed by atoms with Crippen LogP contribution >= 0.6 is 0 Å². The van der Waals surface area contributed by atoms with Crippen molar-refractivity contribution in [2.45, 2.75) is 52.5 Å². The van der Waals surface area contributed by atoms with E-state index in [4.69, 9.17) is 9.47 Å². The van der Waals surface area contributed by atoms with Crippen molar-refractivity contribution in [2.75, 3.05) is 14.2 Å². The predicted octanol–water partition coefficient (Wildman–Crippen LogP) is 3.61. The quantitative estimate of drug-likeness (QED) is 0.663. The number of ketones is 1. The molecule has 0 aliphatic rings. The van der Waals surface area contributed by atoms with Gasteiger partial charge >= 0.3 is 0 Å². The van der Waals surface area contributed by atoms with E-state index in [1.54, 1.807) is 25.3 Å². The van der Waals surface area contributed by atoms with Crippen LogP contribution in [0.25, 0.3) is 0 Å². The maximum Gasteiger partial charge on any atom is 0.220 e. The number of amides is 1. The number of rotatable bonds is 10. The lowest BCUT2D eigenvalue weighted by molar-refractivity contribution is -0.121. The van der Waals surface area contributed by atoms with E-state index in [1.807, 2.05) is 6.92 Å². The lowest BCUT2D eigenvalue weighted by Gasteiger charge is -2.15. The van der Waals surface area contributed by atoms with Crippen LogP contribution in [0.1, 0.15) is 56.8 Å². The van der Waals surface area contributed by atoms with Gasteiger partial charge in [0.05, 0.1) is 14.2 Å². The van der Waals surface area contributed by atoms with Gasteiger partial charge in [-0.3, -0.25) is 9.59 Å². The van der Waals surface area contributed by atoms with Gasteiger partial charge in [0.15, 0.2) is 17.3 Å². The fourth-order valence-corrected chi connectivity index (χ4v) is 2.38. The summed E-state index contributed by atoms with van der Waals surface area (Å²) in [6.07, 6.45) is 2.40. The third kappa shape index (κ3) is 6.60. The summed E-state index contributed by atoms with van der Waals surface area (Å²) in [5, 5.41) is 2.95. The van der Waals surface area contributed by atoms with Gasteiger partial charge in [0.2, 0.25) is 5.91 Å². The molecule has 1 N–H and O–H groups in total. The molecule has 0 aliphatic carbocycles. The van der Waals surface area contributed by atoms with Gasteiger partial charge in [-0.1, -0.05) is 13.8 Å². The lowest BCUT2D eigenvalue weighted by Crippen LogP contribution is -2.32. The topological polar surface area (TPSA) is 64.6 Å². The molecule has 0 radical (unpaired) electrons. The zero-order valence-corrected chi connectivity index (χ0v) is 15.3. The number of nitrogens with one attached hydrogen (secondary N) is 1. The highest BCUT2D eigenvalue weighted by atomic mass is 16.5. The SMILES string of the molecule is COc1ccc(C(=O)CCC(=O)NC(C)CCC(C)C)cc1OC. The molecule has 1 aromatic rings. The van der Waals surface area contributed by atoms with Gasteiger partial charge in [-0.25, -0.2) is 0 Å². The van der Waals surface area contributed by atoms with Crippen molar-refractivity contribution in [1.82, 2.24) is 5.32 Å². The highest BCUT2D eigenvalue weighted by Crippen LogP contribution is 2.28. The van der Waals surface area contributed by atoms with E-state index in [1.165, 1.54) is 7.11 Å². The van der Waals surface area contributed by atoms with E-state index in [-0.39, 0.29) is 30.6 Å². The second kappa shape index (κ2) is 9.96. The molecule has 0 saturated carbocycles. The van der Waals surface area contributed by atoms with Gasteiger partial charge < -0.3 is 14.8 Å². The van der Waals surface area contributed by atoms with Gasteiger partial charge in [-0.2, -0.15) is 0 Å². The molecule has 1 amide bonds. The van der Waals surface area contributed by atoms with Crippen molar-refractivity contribution in [3.63, 3.8) is 0 Å². The van der Waals surface area contributed by atoms with E-state index >= 15 is 0 Å². The average Bonchev–Trinajstić information content (AvgIpc) is 2.57. The molecule has 134 valence electrons. The highest BCUT2D eigenvalue weighted by molar-refractivity contribution is 5.98. The molecule has 0 fully saturated rings. The Morgan fingerprint density at radius 1 is 1.00 bits per heavy atom. The summed E-state index contributed by atoms with van der Waals surface area (Å²) in [4.78, 5) is 24.2. The first-order valence-corrected chi connectivity index (χ1v) is 8.42. The Bertz CT molecular complexity index is 554. The Balaban J connectivity index is 2.49. The molecule has 5 heteroatoms. The number of Topliss-reactive ketones (excluding diaryl/α,β-unsaturated/α-hetero) is 1. The van der Waals surface area contributed by atoms with Gasteiger partial charge in [-0.15, -0.1) is 0 Å². The van der Waals surface area contributed by atoms with Crippen LogP contribution in [0.4, 0.5) is 0 Å². The first kappa shape index (κ1) is 20.0. The number of benzene rings is 1. The van der Waals surface area contributed by atoms with Crippen LogP contribution in [0, 0.1) is 5.92 Å². The summed E-state index contributed by atoms with van der Waals surface area (Å²) in [5.74, 6) is 1.54. The molecular weight excluding hydrogens is 306 g/mol. The van der Waals surface area contributed by atoms with Crippen molar-refractivity contribution >= 4 is 11.7 Å². The van der Waals surface area contributed by atoms with Crippen molar-refractivity contribution in [2.24, 2.45) is 5.92 Å². The Kier molecular flexibility index (Phi) is 8.30. The zero-order chi connectivity index (χ0) is 18.1. The fourth-order valence-electron chi connectivity index (χ4n) is 2.38. The van der Waals surface area contributed by atoms with E-state index in [2.05, 4.69) is 19.2 Å². The minimum atomic E-state index is -0.0833. The molecule has 0 saturated heterocycles. The monoisotopic (exact) mass is 335 g/mol. The number of hydrogen-bond acceptors (Lipinski definition) is 4. The third-order valence-corrected chi connectivity index (χ3v) is 3.87. The van der Waals surface area contributed by atoms with Crippen LogP contribution < -0.4 is 14.8 Å². The Hall–Kier alpha value is -2.04. The molecule has 0 aliphatic heterocycles. The second-order valence-corrected chi connectivity index (χ2v) is 6.43. The van der Waals surface area contributed by atoms with Gasteiger partial charge in [-0.05, 0) is 43.9 Å². The van der Waals surface area contributed by atoms with E-state index in [0.29, 0.717) is 23.0 Å². The van der Waals surface area contributed by atoms with Crippen molar-refractivity contribution < 1.29 is 19.1 Å². The Labute approximate surface area is 144 Å². The summed E-state index contributed by atoms with van der Waals surface area (Å²) in [7, 11) is 3.07. The molecule has 1 unspecified atom stereocenters. The summed E-state index contributed by atoms with van der Waals surface area (Å²) in [6.45, 7) is 6.32. The van der Waals surface area contributed by atoms with E-state index in [0.717, 1.165) is 12.8 Å². The molecule has 0 aromatic heterocycles. The van der Waals surface area contributed by atoms with Crippen molar-refractivity contribution in [3.05, 3.63) is 23.8 Å². The molecule has 5 nitrogen and oxygen atoms in total. The summed E-state index contributed by atoms with van der Waals surface area (Å²) >= 11 is 0. The number of carbonyl (C=O) groups is 2. The van der Waals surface area contributed by atoms with Crippen LogP contribution in [-0.2, 0) is 4.79 Å². The largest absolute Gasteiger partial charge is 0.493 e. The first-order valence-electron chi connectivity index (χ1n) is 8.42. The number of ether oxygens (including phenoxy) is 2.